The quantitative estimate of drug-likeness (QED) is 0.203. The molecule has 0 aliphatic carbocycles. The van der Waals surface area contributed by atoms with Gasteiger partial charge in [-0.25, -0.2) is 9.59 Å². The molecule has 1 aliphatic rings. The van der Waals surface area contributed by atoms with Crippen LogP contribution < -0.4 is 16.0 Å². The lowest BCUT2D eigenvalue weighted by Gasteiger charge is -2.18. The van der Waals surface area contributed by atoms with E-state index in [1.807, 2.05) is 6.07 Å². The van der Waals surface area contributed by atoms with Gasteiger partial charge in [0.1, 0.15) is 0 Å². The van der Waals surface area contributed by atoms with Gasteiger partial charge in [0.2, 0.25) is 5.91 Å². The zero-order valence-corrected chi connectivity index (χ0v) is 24.4. The Morgan fingerprint density at radius 2 is 1.57 bits per heavy atom. The number of aliphatic carboxylic acids is 2. The zero-order valence-electron chi connectivity index (χ0n) is 22.9. The van der Waals surface area contributed by atoms with Crippen molar-refractivity contribution in [3.8, 4) is 0 Å². The molecule has 2 aromatic rings. The van der Waals surface area contributed by atoms with Crippen LogP contribution in [-0.4, -0.2) is 75.9 Å². The highest BCUT2D eigenvalue weighted by molar-refractivity contribution is 8.00. The molecule has 0 radical (unpaired) electrons. The number of aliphatic hydroxyl groups is 2. The number of carboxylic acid groups (broad SMARTS) is 2. The summed E-state index contributed by atoms with van der Waals surface area (Å²) in [5.74, 6) is -3.02. The van der Waals surface area contributed by atoms with E-state index in [0.717, 1.165) is 48.1 Å². The number of carbonyl (C=O) groups is 3. The first kappa shape index (κ1) is 33.4. The molecule has 0 saturated carbocycles. The molecule has 10 nitrogen and oxygen atoms in total. The van der Waals surface area contributed by atoms with Crippen LogP contribution in [0.1, 0.15) is 37.5 Å². The van der Waals surface area contributed by atoms with Gasteiger partial charge in [-0.05, 0) is 66.2 Å². The molecule has 220 valence electrons. The summed E-state index contributed by atoms with van der Waals surface area (Å²) in [4.78, 5) is 32.6. The monoisotopic (exact) mass is 595 g/mol. The van der Waals surface area contributed by atoms with E-state index in [-0.39, 0.29) is 11.3 Å². The lowest BCUT2D eigenvalue weighted by molar-refractivity contribution is -0.165. The van der Waals surface area contributed by atoms with Crippen LogP contribution in [0.25, 0.3) is 0 Å². The molecular weight excluding hydrogens is 558 g/mol. The smallest absolute Gasteiger partial charge is 0.335 e. The predicted molar refractivity (Wildman–Crippen MR) is 156 cm³/mol. The number of carbonyl (C=O) groups excluding carboxylic acids is 1. The lowest BCUT2D eigenvalue weighted by atomic mass is 9.97. The number of fused-ring (bicyclic) bond motifs is 1. The maximum atomic E-state index is 12.0. The molecule has 0 fully saturated rings. The molecule has 0 spiro atoms. The summed E-state index contributed by atoms with van der Waals surface area (Å²) in [5.41, 5.74) is 5.07. The molecule has 3 rings (SSSR count). The van der Waals surface area contributed by atoms with Crippen LogP contribution in [0.15, 0.2) is 41.3 Å². The predicted octanol–water partition coefficient (Wildman–Crippen LogP) is 2.77. The fourth-order valence-electron chi connectivity index (χ4n) is 3.66. The minimum absolute atomic E-state index is 0.0783. The van der Waals surface area contributed by atoms with Gasteiger partial charge in [-0.15, -0.1) is 11.8 Å². The Balaban J connectivity index is 0.000000478. The van der Waals surface area contributed by atoms with Crippen molar-refractivity contribution >= 4 is 46.9 Å². The maximum absolute atomic E-state index is 12.0. The van der Waals surface area contributed by atoms with Crippen molar-refractivity contribution in [3.05, 3.63) is 58.1 Å². The number of amides is 1. The van der Waals surface area contributed by atoms with Crippen molar-refractivity contribution in [2.75, 3.05) is 30.7 Å². The summed E-state index contributed by atoms with van der Waals surface area (Å²) in [6.45, 7) is 9.76. The zero-order chi connectivity index (χ0) is 29.9. The molecule has 1 heterocycles. The lowest BCUT2D eigenvalue weighted by Crippen LogP contribution is -2.39. The van der Waals surface area contributed by atoms with E-state index in [4.69, 9.17) is 32.0 Å². The topological polar surface area (TPSA) is 168 Å². The summed E-state index contributed by atoms with van der Waals surface area (Å²) < 4.78 is 0. The van der Waals surface area contributed by atoms with E-state index in [1.165, 1.54) is 16.7 Å². The van der Waals surface area contributed by atoms with E-state index in [0.29, 0.717) is 12.3 Å². The van der Waals surface area contributed by atoms with Gasteiger partial charge in [-0.3, -0.25) is 4.79 Å². The SMILES string of the molecule is CC(C)(C)CNC(=O)CSc1ccc(CNc2c(Cl)ccc3c2CCNCC3)cc1.O=C(O)[C@H](O)[C@@H](O)C(=O)O. The summed E-state index contributed by atoms with van der Waals surface area (Å²) in [6, 6.07) is 12.5. The molecule has 2 atom stereocenters. The normalized spacial score (nSPS) is 14.4. The van der Waals surface area contributed by atoms with Crippen molar-refractivity contribution in [1.82, 2.24) is 10.6 Å². The largest absolute Gasteiger partial charge is 0.479 e. The van der Waals surface area contributed by atoms with Gasteiger partial charge >= 0.3 is 11.9 Å². The van der Waals surface area contributed by atoms with Gasteiger partial charge in [0.15, 0.2) is 12.2 Å². The molecule has 1 aliphatic heterocycles. The van der Waals surface area contributed by atoms with Crippen LogP contribution in [0.4, 0.5) is 5.69 Å². The van der Waals surface area contributed by atoms with Gasteiger partial charge in [-0.1, -0.05) is 50.6 Å². The number of nitrogens with one attached hydrogen (secondary N) is 3. The third kappa shape index (κ3) is 11.3. The summed E-state index contributed by atoms with van der Waals surface area (Å²) in [6.07, 6.45) is -2.50. The number of aliphatic hydroxyl groups excluding tert-OH is 2. The Bertz CT molecular complexity index is 1140. The summed E-state index contributed by atoms with van der Waals surface area (Å²) in [7, 11) is 0. The molecule has 1 amide bonds. The number of hydrogen-bond donors (Lipinski definition) is 7. The molecule has 0 unspecified atom stereocenters. The van der Waals surface area contributed by atoms with Crippen LogP contribution >= 0.6 is 23.4 Å². The van der Waals surface area contributed by atoms with E-state index in [1.54, 1.807) is 11.8 Å². The Hall–Kier alpha value is -2.83. The van der Waals surface area contributed by atoms with Crippen molar-refractivity contribution in [3.63, 3.8) is 0 Å². The number of hydrogen-bond acceptors (Lipinski definition) is 8. The minimum Gasteiger partial charge on any atom is -0.479 e. The molecule has 7 N–H and O–H groups in total. The highest BCUT2D eigenvalue weighted by atomic mass is 35.5. The highest BCUT2D eigenvalue weighted by Gasteiger charge is 2.29. The van der Waals surface area contributed by atoms with E-state index in [9.17, 15) is 14.4 Å². The van der Waals surface area contributed by atoms with Crippen LogP contribution in [0.3, 0.4) is 0 Å². The van der Waals surface area contributed by atoms with Gasteiger partial charge in [-0.2, -0.15) is 0 Å². The molecule has 0 bridgehead atoms. The van der Waals surface area contributed by atoms with Gasteiger partial charge in [0, 0.05) is 18.0 Å². The van der Waals surface area contributed by atoms with Crippen LogP contribution in [0.2, 0.25) is 5.02 Å². The second-order valence-electron chi connectivity index (χ2n) is 10.5. The number of benzene rings is 2. The van der Waals surface area contributed by atoms with Crippen LogP contribution in [-0.2, 0) is 33.8 Å². The van der Waals surface area contributed by atoms with Crippen molar-refractivity contribution < 1.29 is 34.8 Å². The number of rotatable bonds is 10. The molecule has 0 aromatic heterocycles. The Morgan fingerprint density at radius 3 is 2.15 bits per heavy atom. The summed E-state index contributed by atoms with van der Waals surface area (Å²) >= 11 is 8.07. The summed E-state index contributed by atoms with van der Waals surface area (Å²) in [5, 5.41) is 43.3. The van der Waals surface area contributed by atoms with E-state index >= 15 is 0 Å². The third-order valence-electron chi connectivity index (χ3n) is 5.87. The number of anilines is 1. The van der Waals surface area contributed by atoms with E-state index in [2.05, 4.69) is 67.1 Å². The Kier molecular flexibility index (Phi) is 13.2. The molecule has 40 heavy (non-hydrogen) atoms. The standard InChI is InChI=1S/C24H32ClN3OS.C4H6O6/c1-24(2,3)16-28-22(29)15-30-19-7-4-17(5-8-19)14-27-23-20-11-13-26-12-10-18(20)6-9-21(23)25;5-1(3(7)8)2(6)4(9)10/h4-9,26-27H,10-16H2,1-3H3,(H,28,29);1-2,5-6H,(H,7,8)(H,9,10)/t;1-,2-/m.1/s1. The molecular formula is C28H38ClN3O7S. The Labute approximate surface area is 243 Å². The first-order valence-electron chi connectivity index (χ1n) is 12.8. The van der Waals surface area contributed by atoms with Crippen molar-refractivity contribution in [1.29, 1.82) is 0 Å². The minimum atomic E-state index is -2.27. The van der Waals surface area contributed by atoms with Gasteiger partial charge < -0.3 is 36.4 Å². The third-order valence-corrected chi connectivity index (χ3v) is 7.19. The fraction of sp³-hybridized carbons (Fsp3) is 0.464. The molecule has 0 saturated heterocycles. The molecule has 2 aromatic carbocycles. The number of halogens is 1. The van der Waals surface area contributed by atoms with Gasteiger partial charge in [0.05, 0.1) is 16.5 Å². The Morgan fingerprint density at radius 1 is 0.975 bits per heavy atom. The van der Waals surface area contributed by atoms with Gasteiger partial charge in [0.25, 0.3) is 0 Å². The average Bonchev–Trinajstić information content (AvgIpc) is 3.15. The molecule has 12 heteroatoms. The van der Waals surface area contributed by atoms with Crippen molar-refractivity contribution in [2.24, 2.45) is 5.41 Å². The van der Waals surface area contributed by atoms with E-state index < -0.39 is 24.1 Å². The average molecular weight is 596 g/mol. The number of thioether (sulfide) groups is 1. The highest BCUT2D eigenvalue weighted by Crippen LogP contribution is 2.31. The second-order valence-corrected chi connectivity index (χ2v) is 12.0. The van der Waals surface area contributed by atoms with Crippen LogP contribution in [0.5, 0.6) is 0 Å². The second kappa shape index (κ2) is 15.8. The first-order chi connectivity index (χ1) is 18.8. The number of carboxylic acids is 2. The fourth-order valence-corrected chi connectivity index (χ4v) is 4.63. The first-order valence-corrected chi connectivity index (χ1v) is 14.2. The van der Waals surface area contributed by atoms with Crippen molar-refractivity contribution in [2.45, 2.75) is 57.3 Å². The maximum Gasteiger partial charge on any atom is 0.335 e. The van der Waals surface area contributed by atoms with Crippen LogP contribution in [0, 0.1) is 5.41 Å².